The van der Waals surface area contributed by atoms with Gasteiger partial charge in [-0.1, -0.05) is 17.7 Å². The molecule has 1 aliphatic rings. The normalized spacial score (nSPS) is 15.0. The fourth-order valence-corrected chi connectivity index (χ4v) is 2.49. The van der Waals surface area contributed by atoms with Gasteiger partial charge in [-0.05, 0) is 56.4 Å². The summed E-state index contributed by atoms with van der Waals surface area (Å²) in [6.45, 7) is 5.37. The highest BCUT2D eigenvalue weighted by molar-refractivity contribution is 6.33. The van der Waals surface area contributed by atoms with E-state index in [2.05, 4.69) is 18.7 Å². The number of carboxylic acid groups (broad SMARTS) is 1. The first kappa shape index (κ1) is 14.9. The molecule has 108 valence electrons. The van der Waals surface area contributed by atoms with Crippen molar-refractivity contribution in [2.24, 2.45) is 5.92 Å². The summed E-state index contributed by atoms with van der Waals surface area (Å²) >= 11 is 6.36. The predicted octanol–water partition coefficient (Wildman–Crippen LogP) is 4.06. The van der Waals surface area contributed by atoms with Crippen molar-refractivity contribution in [1.29, 1.82) is 0 Å². The highest BCUT2D eigenvalue weighted by Gasteiger charge is 2.26. The smallest absolute Gasteiger partial charge is 0.328 e. The second kappa shape index (κ2) is 6.31. The van der Waals surface area contributed by atoms with Gasteiger partial charge in [-0.15, -0.1) is 0 Å². The molecule has 0 aliphatic heterocycles. The van der Waals surface area contributed by atoms with Gasteiger partial charge < -0.3 is 10.0 Å². The maximum atomic E-state index is 10.5. The van der Waals surface area contributed by atoms with Gasteiger partial charge in [0, 0.05) is 18.7 Å². The van der Waals surface area contributed by atoms with Gasteiger partial charge in [0.2, 0.25) is 0 Å². The van der Waals surface area contributed by atoms with E-state index in [1.165, 1.54) is 12.8 Å². The van der Waals surface area contributed by atoms with Gasteiger partial charge in [0.1, 0.15) is 0 Å². The summed E-state index contributed by atoms with van der Waals surface area (Å²) in [5, 5.41) is 9.31. The van der Waals surface area contributed by atoms with Gasteiger partial charge in [-0.3, -0.25) is 0 Å². The number of carboxylic acids is 1. The van der Waals surface area contributed by atoms with Crippen LogP contribution in [-0.4, -0.2) is 23.7 Å². The molecule has 1 N–H and O–H groups in total. The molecule has 0 aromatic heterocycles. The molecular formula is C16H20ClNO2. The number of aliphatic carboxylic acids is 1. The Balaban J connectivity index is 2.20. The first-order valence-corrected chi connectivity index (χ1v) is 7.32. The van der Waals surface area contributed by atoms with Crippen LogP contribution in [-0.2, 0) is 4.79 Å². The third-order valence-electron chi connectivity index (χ3n) is 3.47. The minimum Gasteiger partial charge on any atom is -0.478 e. The molecule has 1 saturated carbocycles. The van der Waals surface area contributed by atoms with E-state index >= 15 is 0 Å². The molecular weight excluding hydrogens is 274 g/mol. The summed E-state index contributed by atoms with van der Waals surface area (Å²) in [7, 11) is 0. The number of rotatable bonds is 6. The first-order chi connectivity index (χ1) is 9.47. The topological polar surface area (TPSA) is 40.5 Å². The Kier molecular flexibility index (Phi) is 4.71. The zero-order valence-electron chi connectivity index (χ0n) is 11.8. The lowest BCUT2D eigenvalue weighted by molar-refractivity contribution is -0.131. The molecule has 0 amide bonds. The molecule has 4 heteroatoms. The molecule has 1 aromatic carbocycles. The van der Waals surface area contributed by atoms with Crippen molar-refractivity contribution in [1.82, 2.24) is 0 Å². The van der Waals surface area contributed by atoms with Gasteiger partial charge in [0.25, 0.3) is 0 Å². The minimum atomic E-state index is -0.956. The zero-order chi connectivity index (χ0) is 14.7. The summed E-state index contributed by atoms with van der Waals surface area (Å²) in [5.41, 5.74) is 1.83. The number of hydrogen-bond donors (Lipinski definition) is 1. The van der Waals surface area contributed by atoms with Crippen molar-refractivity contribution < 1.29 is 9.90 Å². The number of anilines is 1. The van der Waals surface area contributed by atoms with E-state index < -0.39 is 5.97 Å². The van der Waals surface area contributed by atoms with Crippen LogP contribution in [0.5, 0.6) is 0 Å². The molecule has 1 fully saturated rings. The molecule has 0 bridgehead atoms. The van der Waals surface area contributed by atoms with Crippen molar-refractivity contribution in [3.8, 4) is 0 Å². The van der Waals surface area contributed by atoms with Crippen LogP contribution >= 0.6 is 11.6 Å². The molecule has 0 heterocycles. The monoisotopic (exact) mass is 293 g/mol. The molecule has 0 atom stereocenters. The van der Waals surface area contributed by atoms with E-state index in [1.807, 2.05) is 18.2 Å². The van der Waals surface area contributed by atoms with E-state index in [4.69, 9.17) is 16.7 Å². The SMILES string of the molecule is CC(C)N(CC1CC1)c1ccc(/C=C/C(=O)O)cc1Cl. The first-order valence-electron chi connectivity index (χ1n) is 6.94. The van der Waals surface area contributed by atoms with Gasteiger partial charge in [0.05, 0.1) is 10.7 Å². The Morgan fingerprint density at radius 1 is 1.50 bits per heavy atom. The molecule has 0 radical (unpaired) electrons. The van der Waals surface area contributed by atoms with Crippen LogP contribution in [0.4, 0.5) is 5.69 Å². The van der Waals surface area contributed by atoms with Gasteiger partial charge in [-0.25, -0.2) is 4.79 Å². The Hall–Kier alpha value is -1.48. The van der Waals surface area contributed by atoms with Crippen molar-refractivity contribution >= 4 is 29.3 Å². The van der Waals surface area contributed by atoms with E-state index in [1.54, 1.807) is 6.08 Å². The minimum absolute atomic E-state index is 0.397. The second-order valence-corrected chi connectivity index (χ2v) is 5.98. The van der Waals surface area contributed by atoms with Gasteiger partial charge in [-0.2, -0.15) is 0 Å². The summed E-state index contributed by atoms with van der Waals surface area (Å²) in [5.74, 6) is -0.164. The summed E-state index contributed by atoms with van der Waals surface area (Å²) < 4.78 is 0. The summed E-state index contributed by atoms with van der Waals surface area (Å²) in [4.78, 5) is 12.8. The van der Waals surface area contributed by atoms with Crippen molar-refractivity contribution in [3.63, 3.8) is 0 Å². The molecule has 0 saturated heterocycles. The summed E-state index contributed by atoms with van der Waals surface area (Å²) in [6, 6.07) is 6.10. The lowest BCUT2D eigenvalue weighted by Gasteiger charge is -2.30. The number of halogens is 1. The van der Waals surface area contributed by atoms with Crippen LogP contribution < -0.4 is 4.90 Å². The maximum Gasteiger partial charge on any atom is 0.328 e. The highest BCUT2D eigenvalue weighted by Crippen LogP contribution is 2.35. The summed E-state index contributed by atoms with van der Waals surface area (Å²) in [6.07, 6.45) is 5.29. The van der Waals surface area contributed by atoms with Crippen molar-refractivity contribution in [3.05, 3.63) is 34.9 Å². The van der Waals surface area contributed by atoms with Crippen LogP contribution in [0.3, 0.4) is 0 Å². The molecule has 0 unspecified atom stereocenters. The molecule has 1 aliphatic carbocycles. The average molecular weight is 294 g/mol. The van der Waals surface area contributed by atoms with Crippen LogP contribution in [0.1, 0.15) is 32.3 Å². The molecule has 2 rings (SSSR count). The zero-order valence-corrected chi connectivity index (χ0v) is 12.6. The van der Waals surface area contributed by atoms with Crippen molar-refractivity contribution in [2.45, 2.75) is 32.7 Å². The number of hydrogen-bond acceptors (Lipinski definition) is 2. The van der Waals surface area contributed by atoms with Gasteiger partial charge >= 0.3 is 5.97 Å². The third kappa shape index (κ3) is 4.01. The standard InChI is InChI=1S/C16H20ClNO2/c1-11(2)18(10-13-3-4-13)15-7-5-12(9-14(15)17)6-8-16(19)20/h5-9,11,13H,3-4,10H2,1-2H3,(H,19,20)/b8-6+. The molecule has 3 nitrogen and oxygen atoms in total. The Bertz CT molecular complexity index is 521. The van der Waals surface area contributed by atoms with E-state index in [0.717, 1.165) is 29.8 Å². The third-order valence-corrected chi connectivity index (χ3v) is 3.78. The largest absolute Gasteiger partial charge is 0.478 e. The number of carbonyl (C=O) groups is 1. The van der Waals surface area contributed by atoms with E-state index in [9.17, 15) is 4.79 Å². The quantitative estimate of drug-likeness (QED) is 0.804. The maximum absolute atomic E-state index is 10.5. The van der Waals surface area contributed by atoms with Crippen LogP contribution in [0.15, 0.2) is 24.3 Å². The number of nitrogens with zero attached hydrogens (tertiary/aromatic N) is 1. The molecule has 0 spiro atoms. The highest BCUT2D eigenvalue weighted by atomic mass is 35.5. The average Bonchev–Trinajstić information content (AvgIpc) is 3.18. The van der Waals surface area contributed by atoms with Gasteiger partial charge in [0.15, 0.2) is 0 Å². The van der Waals surface area contributed by atoms with Crippen LogP contribution in [0.2, 0.25) is 5.02 Å². The van der Waals surface area contributed by atoms with Crippen LogP contribution in [0.25, 0.3) is 6.08 Å². The Morgan fingerprint density at radius 2 is 2.20 bits per heavy atom. The van der Waals surface area contributed by atoms with E-state index in [0.29, 0.717) is 11.1 Å². The predicted molar refractivity (Wildman–Crippen MR) is 83.3 cm³/mol. The number of benzene rings is 1. The Labute approximate surface area is 124 Å². The van der Waals surface area contributed by atoms with Crippen LogP contribution in [0, 0.1) is 5.92 Å². The fourth-order valence-electron chi connectivity index (χ4n) is 2.19. The Morgan fingerprint density at radius 3 is 2.70 bits per heavy atom. The lowest BCUT2D eigenvalue weighted by atomic mass is 10.1. The molecule has 20 heavy (non-hydrogen) atoms. The lowest BCUT2D eigenvalue weighted by Crippen LogP contribution is -2.32. The second-order valence-electron chi connectivity index (χ2n) is 5.57. The molecule has 1 aromatic rings. The van der Waals surface area contributed by atoms with E-state index in [-0.39, 0.29) is 0 Å². The van der Waals surface area contributed by atoms with Crippen molar-refractivity contribution in [2.75, 3.05) is 11.4 Å². The fraction of sp³-hybridized carbons (Fsp3) is 0.438.